The van der Waals surface area contributed by atoms with Gasteiger partial charge in [0.15, 0.2) is 0 Å². The Morgan fingerprint density at radius 3 is 1.94 bits per heavy atom. The van der Waals surface area contributed by atoms with Crippen LogP contribution in [0.25, 0.3) is 0 Å². The lowest BCUT2D eigenvalue weighted by Crippen LogP contribution is -3.00. The molecule has 4 nitrogen and oxygen atoms in total. The topological polar surface area (TPSA) is 55.3 Å². The summed E-state index contributed by atoms with van der Waals surface area (Å²) in [6.45, 7) is 3.10. The molecule has 0 radical (unpaired) electrons. The molecule has 3 N–H and O–H groups in total. The zero-order chi connectivity index (χ0) is 12.3. The predicted octanol–water partition coefficient (Wildman–Crippen LogP) is -2.05. The van der Waals surface area contributed by atoms with E-state index in [0.717, 1.165) is 18.0 Å². The molecule has 0 amide bonds. The Balaban J connectivity index is 0.00000289. The number of rotatable bonds is 9. The van der Waals surface area contributed by atoms with Gasteiger partial charge in [0.1, 0.15) is 24.7 Å². The number of hydrogen-bond donors (Lipinski definition) is 1. The van der Waals surface area contributed by atoms with Crippen LogP contribution < -0.4 is 27.6 Å². The van der Waals surface area contributed by atoms with Crippen LogP contribution in [0.15, 0.2) is 24.3 Å². The maximum Gasteiger partial charge on any atom is 0.119 e. The number of benzene rings is 1. The van der Waals surface area contributed by atoms with Gasteiger partial charge >= 0.3 is 0 Å². The van der Waals surface area contributed by atoms with Gasteiger partial charge in [0.05, 0.1) is 25.6 Å². The minimum absolute atomic E-state index is 0. The fourth-order valence-corrected chi connectivity index (χ4v) is 1.29. The van der Waals surface area contributed by atoms with E-state index in [-0.39, 0.29) is 12.4 Å². The lowest BCUT2D eigenvalue weighted by molar-refractivity contribution is -0.374. The monoisotopic (exact) mass is 295 g/mol. The van der Waals surface area contributed by atoms with E-state index >= 15 is 0 Å². The molecule has 0 aromatic heterocycles. The van der Waals surface area contributed by atoms with Gasteiger partial charge < -0.3 is 32.4 Å². The molecule has 0 aliphatic rings. The molecule has 0 saturated carbocycles. The van der Waals surface area contributed by atoms with Crippen LogP contribution in [0.4, 0.5) is 0 Å². The summed E-state index contributed by atoms with van der Waals surface area (Å²) in [6, 6.07) is 7.45. The highest BCUT2D eigenvalue weighted by molar-refractivity contribution is 6.17. The largest absolute Gasteiger partial charge is 1.00 e. The second kappa shape index (κ2) is 11.4. The second-order valence-corrected chi connectivity index (χ2v) is 3.70. The Hall–Kier alpha value is -0.680. The Labute approximate surface area is 119 Å². The fourth-order valence-electron chi connectivity index (χ4n) is 1.21. The van der Waals surface area contributed by atoms with Crippen LogP contribution in [0.3, 0.4) is 0 Å². The van der Waals surface area contributed by atoms with Crippen molar-refractivity contribution in [2.45, 2.75) is 0 Å². The summed E-state index contributed by atoms with van der Waals surface area (Å²) >= 11 is 5.52. The van der Waals surface area contributed by atoms with Crippen molar-refractivity contribution in [3.8, 4) is 11.5 Å². The van der Waals surface area contributed by atoms with Crippen LogP contribution in [0.1, 0.15) is 0 Å². The van der Waals surface area contributed by atoms with Crippen LogP contribution >= 0.6 is 11.6 Å². The van der Waals surface area contributed by atoms with Gasteiger partial charge in [-0.15, -0.1) is 11.6 Å². The van der Waals surface area contributed by atoms with Crippen LogP contribution in [-0.4, -0.2) is 38.9 Å². The van der Waals surface area contributed by atoms with Gasteiger partial charge in [-0.05, 0) is 24.3 Å². The lowest BCUT2D eigenvalue weighted by Gasteiger charge is -2.08. The highest BCUT2D eigenvalue weighted by Gasteiger charge is 1.96. The average molecular weight is 296 g/mol. The molecule has 0 unspecified atom stereocenters. The summed E-state index contributed by atoms with van der Waals surface area (Å²) in [5.41, 5.74) is 3.69. The van der Waals surface area contributed by atoms with Crippen molar-refractivity contribution < 1.29 is 32.4 Å². The molecule has 1 rings (SSSR count). The van der Waals surface area contributed by atoms with Gasteiger partial charge in [-0.2, -0.15) is 0 Å². The van der Waals surface area contributed by atoms with E-state index in [9.17, 15) is 0 Å². The third-order valence-electron chi connectivity index (χ3n) is 1.95. The standard InChI is InChI=1S/C12H18ClNO3.ClH/c13-5-7-16-11-1-3-12(4-2-11)17-10-9-15-8-6-14;/h1-4H,5-10,14H2;1H. The van der Waals surface area contributed by atoms with Crippen molar-refractivity contribution in [1.29, 1.82) is 0 Å². The van der Waals surface area contributed by atoms with Crippen LogP contribution in [0.5, 0.6) is 11.5 Å². The van der Waals surface area contributed by atoms with Gasteiger partial charge in [0.2, 0.25) is 0 Å². The summed E-state index contributed by atoms with van der Waals surface area (Å²) in [5, 5.41) is 0. The van der Waals surface area contributed by atoms with E-state index < -0.39 is 0 Å². The zero-order valence-corrected chi connectivity index (χ0v) is 11.8. The summed E-state index contributed by atoms with van der Waals surface area (Å²) < 4.78 is 16.1. The van der Waals surface area contributed by atoms with Crippen molar-refractivity contribution >= 4 is 11.6 Å². The quantitative estimate of drug-likeness (QED) is 0.421. The van der Waals surface area contributed by atoms with Gasteiger partial charge in [-0.25, -0.2) is 0 Å². The van der Waals surface area contributed by atoms with Crippen molar-refractivity contribution in [3.63, 3.8) is 0 Å². The summed E-state index contributed by atoms with van der Waals surface area (Å²) in [7, 11) is 0. The minimum Gasteiger partial charge on any atom is -1.00 e. The summed E-state index contributed by atoms with van der Waals surface area (Å²) in [5.74, 6) is 2.09. The first-order valence-electron chi connectivity index (χ1n) is 5.65. The molecule has 6 heteroatoms. The van der Waals surface area contributed by atoms with Crippen molar-refractivity contribution in [3.05, 3.63) is 24.3 Å². The molecule has 0 aliphatic carbocycles. The highest BCUT2D eigenvalue weighted by atomic mass is 35.5. The van der Waals surface area contributed by atoms with Crippen molar-refractivity contribution in [2.24, 2.45) is 0 Å². The molecule has 1 aromatic carbocycles. The zero-order valence-electron chi connectivity index (χ0n) is 10.2. The SMILES string of the molecule is [Cl-].[NH3+]CCOCCOc1ccc(OCCCl)cc1. The second-order valence-electron chi connectivity index (χ2n) is 3.32. The van der Waals surface area contributed by atoms with Crippen LogP contribution in [0, 0.1) is 0 Å². The average Bonchev–Trinajstić information content (AvgIpc) is 2.37. The lowest BCUT2D eigenvalue weighted by atomic mass is 10.3. The number of quaternary nitrogens is 1. The Morgan fingerprint density at radius 2 is 1.44 bits per heavy atom. The van der Waals surface area contributed by atoms with Crippen molar-refractivity contribution in [1.82, 2.24) is 0 Å². The molecule has 104 valence electrons. The van der Waals surface area contributed by atoms with E-state index in [0.29, 0.717) is 32.3 Å². The van der Waals surface area contributed by atoms with E-state index in [2.05, 4.69) is 5.73 Å². The van der Waals surface area contributed by atoms with E-state index in [1.165, 1.54) is 0 Å². The number of hydrogen-bond acceptors (Lipinski definition) is 3. The fraction of sp³-hybridized carbons (Fsp3) is 0.500. The molecule has 0 spiro atoms. The maximum atomic E-state index is 5.52. The van der Waals surface area contributed by atoms with Crippen molar-refractivity contribution in [2.75, 3.05) is 38.9 Å². The van der Waals surface area contributed by atoms with E-state index in [1.54, 1.807) is 0 Å². The van der Waals surface area contributed by atoms with E-state index in [1.807, 2.05) is 24.3 Å². The minimum atomic E-state index is 0. The van der Waals surface area contributed by atoms with Gasteiger partial charge in [0, 0.05) is 0 Å². The van der Waals surface area contributed by atoms with Gasteiger partial charge in [-0.1, -0.05) is 0 Å². The third kappa shape index (κ3) is 7.61. The molecule has 0 atom stereocenters. The summed E-state index contributed by atoms with van der Waals surface area (Å²) in [6.07, 6.45) is 0. The smallest absolute Gasteiger partial charge is 0.119 e. The van der Waals surface area contributed by atoms with Gasteiger partial charge in [0.25, 0.3) is 0 Å². The van der Waals surface area contributed by atoms with Crippen LogP contribution in [-0.2, 0) is 4.74 Å². The number of alkyl halides is 1. The van der Waals surface area contributed by atoms with Crippen LogP contribution in [0.2, 0.25) is 0 Å². The molecular weight excluding hydrogens is 277 g/mol. The molecule has 0 heterocycles. The van der Waals surface area contributed by atoms with E-state index in [4.69, 9.17) is 25.8 Å². The molecule has 0 bridgehead atoms. The Kier molecular flexibility index (Phi) is 11.0. The molecule has 0 saturated heterocycles. The Morgan fingerprint density at radius 1 is 0.889 bits per heavy atom. The molecular formula is C12H19Cl2NO3. The predicted molar refractivity (Wildman–Crippen MR) is 66.7 cm³/mol. The first kappa shape index (κ1) is 17.3. The molecule has 1 aromatic rings. The molecule has 0 aliphatic heterocycles. The third-order valence-corrected chi connectivity index (χ3v) is 2.11. The Bertz CT molecular complexity index is 296. The number of halogens is 2. The maximum absolute atomic E-state index is 5.52. The molecule has 18 heavy (non-hydrogen) atoms. The molecule has 0 fully saturated rings. The normalized spacial score (nSPS) is 9.67. The first-order chi connectivity index (χ1) is 8.36. The van der Waals surface area contributed by atoms with Gasteiger partial charge in [-0.3, -0.25) is 0 Å². The first-order valence-corrected chi connectivity index (χ1v) is 6.19. The highest BCUT2D eigenvalue weighted by Crippen LogP contribution is 2.17. The number of ether oxygens (including phenoxy) is 3. The summed E-state index contributed by atoms with van der Waals surface area (Å²) in [4.78, 5) is 0.